The lowest BCUT2D eigenvalue weighted by atomic mass is 10.1. The monoisotopic (exact) mass is 275 g/mol. The van der Waals surface area contributed by atoms with Crippen LogP contribution < -0.4 is 5.32 Å². The summed E-state index contributed by atoms with van der Waals surface area (Å²) in [5, 5.41) is 3.86. The van der Waals surface area contributed by atoms with E-state index >= 15 is 0 Å². The van der Waals surface area contributed by atoms with Crippen molar-refractivity contribution in [3.8, 4) is 0 Å². The molecule has 1 fully saturated rings. The van der Waals surface area contributed by atoms with Gasteiger partial charge in [-0.25, -0.2) is 0 Å². The summed E-state index contributed by atoms with van der Waals surface area (Å²) in [5.41, 5.74) is 0.116. The predicted molar refractivity (Wildman–Crippen MR) is 68.6 cm³/mol. The van der Waals surface area contributed by atoms with Gasteiger partial charge in [-0.2, -0.15) is 24.9 Å². The third-order valence-electron chi connectivity index (χ3n) is 2.98. The summed E-state index contributed by atoms with van der Waals surface area (Å²) < 4.78 is 37.5. The Bertz CT molecular complexity index is 386. The van der Waals surface area contributed by atoms with Crippen LogP contribution in [0.2, 0.25) is 0 Å². The van der Waals surface area contributed by atoms with Gasteiger partial charge in [-0.15, -0.1) is 0 Å². The van der Waals surface area contributed by atoms with E-state index in [4.69, 9.17) is 0 Å². The van der Waals surface area contributed by atoms with Gasteiger partial charge >= 0.3 is 6.18 Å². The van der Waals surface area contributed by atoms with E-state index in [2.05, 4.69) is 5.32 Å². The molecule has 1 aliphatic heterocycles. The minimum Gasteiger partial charge on any atom is -0.312 e. The van der Waals surface area contributed by atoms with Crippen LogP contribution in [-0.4, -0.2) is 17.5 Å². The molecule has 1 saturated heterocycles. The molecular weight excluding hydrogens is 259 g/mol. The Balaban J connectivity index is 1.85. The molecule has 18 heavy (non-hydrogen) atoms. The largest absolute Gasteiger partial charge is 0.416 e. The standard InChI is InChI=1S/C13H16F3NS/c14-13(15,16)11-4-1-3-10(7-11)8-17-9-12-5-2-6-18-12/h1,3-4,7,12,17H,2,5-6,8-9H2. The zero-order valence-corrected chi connectivity index (χ0v) is 10.8. The number of alkyl halides is 3. The van der Waals surface area contributed by atoms with Crippen molar-refractivity contribution in [2.75, 3.05) is 12.3 Å². The Kier molecular flexibility index (Phi) is 4.56. The van der Waals surface area contributed by atoms with Gasteiger partial charge in [0, 0.05) is 18.3 Å². The van der Waals surface area contributed by atoms with Crippen molar-refractivity contribution >= 4 is 11.8 Å². The van der Waals surface area contributed by atoms with Crippen LogP contribution in [0, 0.1) is 0 Å². The molecular formula is C13H16F3NS. The molecule has 1 N–H and O–H groups in total. The van der Waals surface area contributed by atoms with E-state index in [1.54, 1.807) is 6.07 Å². The lowest BCUT2D eigenvalue weighted by molar-refractivity contribution is -0.137. The lowest BCUT2D eigenvalue weighted by Crippen LogP contribution is -2.22. The average Bonchev–Trinajstić information content (AvgIpc) is 2.81. The Morgan fingerprint density at radius 3 is 2.83 bits per heavy atom. The number of hydrogen-bond donors (Lipinski definition) is 1. The van der Waals surface area contributed by atoms with Gasteiger partial charge < -0.3 is 5.32 Å². The normalized spacial score (nSPS) is 20.3. The number of thioether (sulfide) groups is 1. The number of halogens is 3. The predicted octanol–water partition coefficient (Wildman–Crippen LogP) is 3.69. The smallest absolute Gasteiger partial charge is 0.312 e. The number of rotatable bonds is 4. The molecule has 1 atom stereocenters. The van der Waals surface area contributed by atoms with Crippen LogP contribution in [0.25, 0.3) is 0 Å². The molecule has 0 aromatic heterocycles. The van der Waals surface area contributed by atoms with Crippen molar-refractivity contribution in [3.63, 3.8) is 0 Å². The molecule has 1 aromatic carbocycles. The summed E-state index contributed by atoms with van der Waals surface area (Å²) in [6.07, 6.45) is -1.79. The van der Waals surface area contributed by atoms with Crippen LogP contribution in [0.4, 0.5) is 13.2 Å². The maximum Gasteiger partial charge on any atom is 0.416 e. The summed E-state index contributed by atoms with van der Waals surface area (Å²) in [4.78, 5) is 0. The van der Waals surface area contributed by atoms with Gasteiger partial charge in [0.05, 0.1) is 5.56 Å². The highest BCUT2D eigenvalue weighted by molar-refractivity contribution is 8.00. The molecule has 0 saturated carbocycles. The first-order valence-electron chi connectivity index (χ1n) is 6.04. The first-order chi connectivity index (χ1) is 8.55. The van der Waals surface area contributed by atoms with Crippen LogP contribution in [0.3, 0.4) is 0 Å². The summed E-state index contributed by atoms with van der Waals surface area (Å²) >= 11 is 1.94. The van der Waals surface area contributed by atoms with Gasteiger partial charge in [0.2, 0.25) is 0 Å². The summed E-state index contributed by atoms with van der Waals surface area (Å²) in [6, 6.07) is 5.51. The Labute approximate surface area is 109 Å². The fraction of sp³-hybridized carbons (Fsp3) is 0.538. The minimum absolute atomic E-state index is 0.501. The maximum atomic E-state index is 12.5. The molecule has 1 aromatic rings. The Hall–Kier alpha value is -0.680. The summed E-state index contributed by atoms with van der Waals surface area (Å²) in [7, 11) is 0. The van der Waals surface area contributed by atoms with Crippen molar-refractivity contribution in [3.05, 3.63) is 35.4 Å². The lowest BCUT2D eigenvalue weighted by Gasteiger charge is -2.11. The zero-order valence-electron chi connectivity index (χ0n) is 9.96. The van der Waals surface area contributed by atoms with Gasteiger partial charge in [-0.3, -0.25) is 0 Å². The maximum absolute atomic E-state index is 12.5. The second kappa shape index (κ2) is 5.97. The van der Waals surface area contributed by atoms with Gasteiger partial charge in [0.15, 0.2) is 0 Å². The van der Waals surface area contributed by atoms with E-state index in [-0.39, 0.29) is 0 Å². The highest BCUT2D eigenvalue weighted by Gasteiger charge is 2.30. The first kappa shape index (κ1) is 13.7. The fourth-order valence-electron chi connectivity index (χ4n) is 2.04. The van der Waals surface area contributed by atoms with Crippen LogP contribution in [0.5, 0.6) is 0 Å². The average molecular weight is 275 g/mol. The topological polar surface area (TPSA) is 12.0 Å². The second-order valence-electron chi connectivity index (χ2n) is 4.46. The van der Waals surface area contributed by atoms with E-state index in [0.29, 0.717) is 17.4 Å². The molecule has 0 bridgehead atoms. The molecule has 0 spiro atoms. The van der Waals surface area contributed by atoms with E-state index in [0.717, 1.165) is 12.6 Å². The molecule has 2 rings (SSSR count). The molecule has 100 valence electrons. The summed E-state index contributed by atoms with van der Waals surface area (Å²) in [6.45, 7) is 1.38. The second-order valence-corrected chi connectivity index (χ2v) is 5.87. The van der Waals surface area contributed by atoms with Crippen molar-refractivity contribution in [1.29, 1.82) is 0 Å². The fourth-order valence-corrected chi connectivity index (χ4v) is 3.28. The highest BCUT2D eigenvalue weighted by atomic mass is 32.2. The number of hydrogen-bond acceptors (Lipinski definition) is 2. The van der Waals surface area contributed by atoms with Gasteiger partial charge in [0.1, 0.15) is 0 Å². The summed E-state index contributed by atoms with van der Waals surface area (Å²) in [5.74, 6) is 1.20. The SMILES string of the molecule is FC(F)(F)c1cccc(CNCC2CCCS2)c1. The molecule has 1 aliphatic rings. The van der Waals surface area contributed by atoms with E-state index < -0.39 is 11.7 Å². The molecule has 0 radical (unpaired) electrons. The minimum atomic E-state index is -4.25. The van der Waals surface area contributed by atoms with E-state index in [9.17, 15) is 13.2 Å². The number of benzene rings is 1. The van der Waals surface area contributed by atoms with Crippen molar-refractivity contribution in [2.45, 2.75) is 30.8 Å². The third-order valence-corrected chi connectivity index (χ3v) is 4.38. The van der Waals surface area contributed by atoms with Crippen molar-refractivity contribution in [2.24, 2.45) is 0 Å². The molecule has 1 heterocycles. The Morgan fingerprint density at radius 2 is 2.17 bits per heavy atom. The Morgan fingerprint density at radius 1 is 1.33 bits per heavy atom. The number of nitrogens with one attached hydrogen (secondary N) is 1. The van der Waals surface area contributed by atoms with Crippen LogP contribution in [0.1, 0.15) is 24.0 Å². The van der Waals surface area contributed by atoms with Crippen molar-refractivity contribution in [1.82, 2.24) is 5.32 Å². The van der Waals surface area contributed by atoms with E-state index in [1.807, 2.05) is 11.8 Å². The van der Waals surface area contributed by atoms with Crippen LogP contribution >= 0.6 is 11.8 Å². The third kappa shape index (κ3) is 3.92. The van der Waals surface area contributed by atoms with Gasteiger partial charge in [0.25, 0.3) is 0 Å². The molecule has 5 heteroatoms. The highest BCUT2D eigenvalue weighted by Crippen LogP contribution is 2.29. The first-order valence-corrected chi connectivity index (χ1v) is 7.09. The van der Waals surface area contributed by atoms with E-state index in [1.165, 1.54) is 30.7 Å². The van der Waals surface area contributed by atoms with Crippen LogP contribution in [0.15, 0.2) is 24.3 Å². The molecule has 1 nitrogen and oxygen atoms in total. The zero-order chi connectivity index (χ0) is 13.0. The molecule has 0 aliphatic carbocycles. The molecule has 1 unspecified atom stereocenters. The molecule has 0 amide bonds. The van der Waals surface area contributed by atoms with Crippen molar-refractivity contribution < 1.29 is 13.2 Å². The van der Waals surface area contributed by atoms with Crippen LogP contribution in [-0.2, 0) is 12.7 Å². The van der Waals surface area contributed by atoms with Gasteiger partial charge in [-0.1, -0.05) is 18.2 Å². The van der Waals surface area contributed by atoms with Gasteiger partial charge in [-0.05, 0) is 30.2 Å². The quantitative estimate of drug-likeness (QED) is 0.899.